The van der Waals surface area contributed by atoms with Gasteiger partial charge < -0.3 is 10.2 Å². The zero-order chi connectivity index (χ0) is 14.5. The van der Waals surface area contributed by atoms with Crippen molar-refractivity contribution in [3.63, 3.8) is 0 Å². The smallest absolute Gasteiger partial charge is 0.0634 e. The maximum absolute atomic E-state index is 3.31. The van der Waals surface area contributed by atoms with E-state index in [-0.39, 0.29) is 0 Å². The fourth-order valence-electron chi connectivity index (χ4n) is 2.65. The summed E-state index contributed by atoms with van der Waals surface area (Å²) in [4.78, 5) is 2.34. The summed E-state index contributed by atoms with van der Waals surface area (Å²) < 4.78 is 0. The SMILES string of the molecule is CCc1cccc(NC)c1N(C)Cc1ccccc1C. The van der Waals surface area contributed by atoms with Gasteiger partial charge in [0.1, 0.15) is 0 Å². The van der Waals surface area contributed by atoms with Crippen LogP contribution in [0, 0.1) is 6.92 Å². The van der Waals surface area contributed by atoms with Crippen molar-refractivity contribution in [3.05, 3.63) is 59.2 Å². The largest absolute Gasteiger partial charge is 0.386 e. The Bertz CT molecular complexity index is 553. The predicted octanol–water partition coefficient (Wildman–Crippen LogP) is 4.24. The van der Waals surface area contributed by atoms with E-state index in [0.29, 0.717) is 0 Å². The first kappa shape index (κ1) is 14.4. The van der Waals surface area contributed by atoms with Crippen LogP contribution in [0.25, 0.3) is 0 Å². The van der Waals surface area contributed by atoms with Crippen LogP contribution in [0.3, 0.4) is 0 Å². The summed E-state index contributed by atoms with van der Waals surface area (Å²) in [6, 6.07) is 15.1. The second-order valence-corrected chi connectivity index (χ2v) is 5.20. The van der Waals surface area contributed by atoms with Gasteiger partial charge in [-0.15, -0.1) is 0 Å². The van der Waals surface area contributed by atoms with E-state index in [1.54, 1.807) is 0 Å². The third-order valence-electron chi connectivity index (χ3n) is 3.82. The molecule has 0 heterocycles. The molecule has 0 spiro atoms. The fourth-order valence-corrected chi connectivity index (χ4v) is 2.65. The van der Waals surface area contributed by atoms with Gasteiger partial charge in [-0.25, -0.2) is 0 Å². The van der Waals surface area contributed by atoms with Gasteiger partial charge in [0.2, 0.25) is 0 Å². The third kappa shape index (κ3) is 2.96. The molecule has 0 aliphatic heterocycles. The fraction of sp³-hybridized carbons (Fsp3) is 0.333. The molecule has 2 nitrogen and oxygen atoms in total. The lowest BCUT2D eigenvalue weighted by molar-refractivity contribution is 0.902. The monoisotopic (exact) mass is 268 g/mol. The van der Waals surface area contributed by atoms with Crippen molar-refractivity contribution in [3.8, 4) is 0 Å². The summed E-state index contributed by atoms with van der Waals surface area (Å²) >= 11 is 0. The zero-order valence-corrected chi connectivity index (χ0v) is 12.9. The predicted molar refractivity (Wildman–Crippen MR) is 88.7 cm³/mol. The molecule has 0 radical (unpaired) electrons. The minimum Gasteiger partial charge on any atom is -0.386 e. The molecule has 0 atom stereocenters. The standard InChI is InChI=1S/C18H24N2/c1-5-15-11-8-12-17(19-3)18(15)20(4)13-16-10-7-6-9-14(16)2/h6-12,19H,5,13H2,1-4H3. The molecule has 0 bridgehead atoms. The molecule has 0 saturated heterocycles. The molecule has 2 rings (SSSR count). The molecular formula is C18H24N2. The first-order valence-corrected chi connectivity index (χ1v) is 7.22. The van der Waals surface area contributed by atoms with Crippen LogP contribution in [-0.4, -0.2) is 14.1 Å². The number of hydrogen-bond acceptors (Lipinski definition) is 2. The van der Waals surface area contributed by atoms with E-state index in [1.807, 2.05) is 7.05 Å². The highest BCUT2D eigenvalue weighted by Gasteiger charge is 2.12. The lowest BCUT2D eigenvalue weighted by Crippen LogP contribution is -2.20. The summed E-state index contributed by atoms with van der Waals surface area (Å²) in [6.07, 6.45) is 1.04. The Hall–Kier alpha value is -1.96. The average Bonchev–Trinajstić information content (AvgIpc) is 2.48. The van der Waals surface area contributed by atoms with Crippen LogP contribution >= 0.6 is 0 Å². The molecule has 2 aromatic carbocycles. The highest BCUT2D eigenvalue weighted by atomic mass is 15.1. The average molecular weight is 268 g/mol. The summed E-state index contributed by atoms with van der Waals surface area (Å²) in [7, 11) is 4.15. The van der Waals surface area contributed by atoms with Gasteiger partial charge in [-0.3, -0.25) is 0 Å². The van der Waals surface area contributed by atoms with Crippen molar-refractivity contribution in [2.45, 2.75) is 26.8 Å². The molecule has 2 aromatic rings. The van der Waals surface area contributed by atoms with Crippen LogP contribution in [0.5, 0.6) is 0 Å². The van der Waals surface area contributed by atoms with Crippen molar-refractivity contribution in [2.24, 2.45) is 0 Å². The molecule has 0 unspecified atom stereocenters. The first-order valence-electron chi connectivity index (χ1n) is 7.22. The van der Waals surface area contributed by atoms with Gasteiger partial charge in [0.15, 0.2) is 0 Å². The molecular weight excluding hydrogens is 244 g/mol. The molecule has 0 aromatic heterocycles. The minimum absolute atomic E-state index is 0.929. The van der Waals surface area contributed by atoms with E-state index in [9.17, 15) is 0 Å². The zero-order valence-electron chi connectivity index (χ0n) is 12.9. The minimum atomic E-state index is 0.929. The van der Waals surface area contributed by atoms with Crippen LogP contribution in [0.15, 0.2) is 42.5 Å². The Kier molecular flexibility index (Phi) is 4.67. The van der Waals surface area contributed by atoms with Crippen molar-refractivity contribution >= 4 is 11.4 Å². The second kappa shape index (κ2) is 6.47. The van der Waals surface area contributed by atoms with Crippen molar-refractivity contribution in [1.82, 2.24) is 0 Å². The first-order chi connectivity index (χ1) is 9.67. The van der Waals surface area contributed by atoms with E-state index >= 15 is 0 Å². The van der Waals surface area contributed by atoms with Crippen molar-refractivity contribution in [2.75, 3.05) is 24.3 Å². The van der Waals surface area contributed by atoms with E-state index in [4.69, 9.17) is 0 Å². The van der Waals surface area contributed by atoms with Gasteiger partial charge in [0.05, 0.1) is 11.4 Å². The molecule has 0 amide bonds. The molecule has 0 aliphatic rings. The molecule has 0 saturated carbocycles. The van der Waals surface area contributed by atoms with Crippen LogP contribution in [0.1, 0.15) is 23.6 Å². The number of nitrogens with one attached hydrogen (secondary N) is 1. The van der Waals surface area contributed by atoms with E-state index in [1.165, 1.54) is 28.1 Å². The van der Waals surface area contributed by atoms with Crippen molar-refractivity contribution in [1.29, 1.82) is 0 Å². The number of hydrogen-bond donors (Lipinski definition) is 1. The highest BCUT2D eigenvalue weighted by molar-refractivity contribution is 5.73. The number of anilines is 2. The molecule has 106 valence electrons. The van der Waals surface area contributed by atoms with Gasteiger partial charge in [-0.2, -0.15) is 0 Å². The number of nitrogens with zero attached hydrogens (tertiary/aromatic N) is 1. The maximum Gasteiger partial charge on any atom is 0.0634 e. The van der Waals surface area contributed by atoms with Crippen LogP contribution in [0.2, 0.25) is 0 Å². The third-order valence-corrected chi connectivity index (χ3v) is 3.82. The highest BCUT2D eigenvalue weighted by Crippen LogP contribution is 2.30. The van der Waals surface area contributed by atoms with Crippen molar-refractivity contribution < 1.29 is 0 Å². The van der Waals surface area contributed by atoms with Gasteiger partial charge in [-0.05, 0) is 36.1 Å². The molecule has 0 fully saturated rings. The number of rotatable bonds is 5. The molecule has 0 aliphatic carbocycles. The van der Waals surface area contributed by atoms with E-state index < -0.39 is 0 Å². The Morgan fingerprint density at radius 1 is 1.00 bits per heavy atom. The number of benzene rings is 2. The Balaban J connectivity index is 2.34. The Morgan fingerprint density at radius 2 is 1.70 bits per heavy atom. The summed E-state index contributed by atoms with van der Waals surface area (Å²) in [5.41, 5.74) is 6.61. The van der Waals surface area contributed by atoms with Crippen LogP contribution in [-0.2, 0) is 13.0 Å². The van der Waals surface area contributed by atoms with Gasteiger partial charge in [-0.1, -0.05) is 43.3 Å². The van der Waals surface area contributed by atoms with E-state index in [0.717, 1.165) is 13.0 Å². The van der Waals surface area contributed by atoms with Gasteiger partial charge in [0.25, 0.3) is 0 Å². The van der Waals surface area contributed by atoms with Gasteiger partial charge in [0, 0.05) is 20.6 Å². The normalized spacial score (nSPS) is 10.4. The summed E-state index contributed by atoms with van der Waals surface area (Å²) in [5, 5.41) is 3.31. The van der Waals surface area contributed by atoms with E-state index in [2.05, 4.69) is 73.6 Å². The van der Waals surface area contributed by atoms with Crippen LogP contribution < -0.4 is 10.2 Å². The Morgan fingerprint density at radius 3 is 2.35 bits per heavy atom. The maximum atomic E-state index is 3.31. The summed E-state index contributed by atoms with van der Waals surface area (Å²) in [6.45, 7) is 5.31. The lowest BCUT2D eigenvalue weighted by Gasteiger charge is -2.26. The second-order valence-electron chi connectivity index (χ2n) is 5.20. The topological polar surface area (TPSA) is 15.3 Å². The van der Waals surface area contributed by atoms with Gasteiger partial charge >= 0.3 is 0 Å². The molecule has 1 N–H and O–H groups in total. The summed E-state index contributed by atoms with van der Waals surface area (Å²) in [5.74, 6) is 0. The number of aryl methyl sites for hydroxylation is 2. The quantitative estimate of drug-likeness (QED) is 0.872. The number of para-hydroxylation sites is 1. The molecule has 20 heavy (non-hydrogen) atoms. The Labute approximate surface area is 122 Å². The van der Waals surface area contributed by atoms with Crippen LogP contribution in [0.4, 0.5) is 11.4 Å². The lowest BCUT2D eigenvalue weighted by atomic mass is 10.1. The molecule has 2 heteroatoms.